The highest BCUT2D eigenvalue weighted by Gasteiger charge is 2.33. The molecule has 0 bridgehead atoms. The average molecular weight is 282 g/mol. The van der Waals surface area contributed by atoms with Crippen molar-refractivity contribution in [3.8, 4) is 0 Å². The van der Waals surface area contributed by atoms with Crippen molar-refractivity contribution in [1.82, 2.24) is 4.90 Å². The van der Waals surface area contributed by atoms with Crippen LogP contribution in [0.4, 0.5) is 9.59 Å². The molecule has 0 N–H and O–H groups in total. The fourth-order valence-electron chi connectivity index (χ4n) is 0.752. The maximum Gasteiger partial charge on any atom is 0.426 e. The maximum absolute atomic E-state index is 11.6. The Kier molecular flexibility index (Phi) is 5.92. The molecule has 15 heavy (non-hydrogen) atoms. The molecule has 86 valence electrons. The van der Waals surface area contributed by atoms with Crippen molar-refractivity contribution in [1.29, 1.82) is 0 Å². The molecule has 0 heterocycles. The molecule has 0 aliphatic heterocycles. The molecular formula is C8H12BrNO5. The lowest BCUT2D eigenvalue weighted by atomic mass is 10.3. The lowest BCUT2D eigenvalue weighted by molar-refractivity contribution is -0.127. The highest BCUT2D eigenvalue weighted by Crippen LogP contribution is 2.11. The Balaban J connectivity index is 4.86. The molecule has 1 unspecified atom stereocenters. The van der Waals surface area contributed by atoms with E-state index in [4.69, 9.17) is 0 Å². The van der Waals surface area contributed by atoms with Crippen molar-refractivity contribution in [2.24, 2.45) is 0 Å². The fourth-order valence-corrected chi connectivity index (χ4v) is 0.957. The van der Waals surface area contributed by atoms with E-state index >= 15 is 0 Å². The van der Waals surface area contributed by atoms with Crippen LogP contribution in [0.5, 0.6) is 0 Å². The van der Waals surface area contributed by atoms with Crippen LogP contribution in [0.25, 0.3) is 0 Å². The number of halogens is 1. The van der Waals surface area contributed by atoms with Gasteiger partial charge in [0.25, 0.3) is 5.91 Å². The third-order valence-corrected chi connectivity index (χ3v) is 2.60. The summed E-state index contributed by atoms with van der Waals surface area (Å²) in [5.41, 5.74) is 0. The van der Waals surface area contributed by atoms with Gasteiger partial charge in [0.2, 0.25) is 0 Å². The first-order valence-corrected chi connectivity index (χ1v) is 5.05. The summed E-state index contributed by atoms with van der Waals surface area (Å²) < 4.78 is 8.59. The Morgan fingerprint density at radius 2 is 1.60 bits per heavy atom. The van der Waals surface area contributed by atoms with E-state index in [9.17, 15) is 14.4 Å². The van der Waals surface area contributed by atoms with Crippen LogP contribution in [-0.4, -0.2) is 42.0 Å². The molecule has 0 spiro atoms. The average Bonchev–Trinajstić information content (AvgIpc) is 2.27. The Bertz CT molecular complexity index is 252. The molecule has 0 aromatic carbocycles. The van der Waals surface area contributed by atoms with Gasteiger partial charge in [-0.3, -0.25) is 4.79 Å². The topological polar surface area (TPSA) is 72.9 Å². The zero-order chi connectivity index (χ0) is 12.0. The van der Waals surface area contributed by atoms with Gasteiger partial charge in [0.15, 0.2) is 0 Å². The van der Waals surface area contributed by atoms with E-state index in [0.29, 0.717) is 11.3 Å². The number of carbonyl (C=O) groups excluding carboxylic acids is 3. The second-order valence-corrected chi connectivity index (χ2v) is 3.59. The molecule has 0 fully saturated rings. The van der Waals surface area contributed by atoms with Gasteiger partial charge in [-0.2, -0.15) is 0 Å². The zero-order valence-electron chi connectivity index (χ0n) is 8.65. The van der Waals surface area contributed by atoms with Gasteiger partial charge in [0.05, 0.1) is 19.0 Å². The number of amides is 3. The van der Waals surface area contributed by atoms with Crippen molar-refractivity contribution in [2.75, 3.05) is 14.2 Å². The summed E-state index contributed by atoms with van der Waals surface area (Å²) >= 11 is 3.03. The molecule has 0 saturated heterocycles. The molecule has 0 saturated carbocycles. The number of methoxy groups -OCH3 is 2. The van der Waals surface area contributed by atoms with Crippen LogP contribution in [0.2, 0.25) is 0 Å². The van der Waals surface area contributed by atoms with E-state index in [1.54, 1.807) is 6.92 Å². The van der Waals surface area contributed by atoms with E-state index in [0.717, 1.165) is 14.2 Å². The van der Waals surface area contributed by atoms with Crippen LogP contribution in [-0.2, 0) is 14.3 Å². The summed E-state index contributed by atoms with van der Waals surface area (Å²) in [6, 6.07) is 0. The van der Waals surface area contributed by atoms with Crippen LogP contribution in [0, 0.1) is 0 Å². The van der Waals surface area contributed by atoms with Gasteiger partial charge >= 0.3 is 12.2 Å². The molecule has 0 aromatic heterocycles. The SMILES string of the molecule is CCC(Br)C(=O)N(C(=O)OC)C(=O)OC. The van der Waals surface area contributed by atoms with Crippen molar-refractivity contribution >= 4 is 34.0 Å². The highest BCUT2D eigenvalue weighted by atomic mass is 79.9. The zero-order valence-corrected chi connectivity index (χ0v) is 10.2. The molecule has 0 radical (unpaired) electrons. The summed E-state index contributed by atoms with van der Waals surface area (Å²) in [5.74, 6) is -0.712. The van der Waals surface area contributed by atoms with Crippen molar-refractivity contribution in [3.63, 3.8) is 0 Å². The van der Waals surface area contributed by atoms with Crippen LogP contribution in [0.1, 0.15) is 13.3 Å². The van der Waals surface area contributed by atoms with Gasteiger partial charge in [-0.1, -0.05) is 22.9 Å². The third kappa shape index (κ3) is 3.50. The predicted molar refractivity (Wildman–Crippen MR) is 54.7 cm³/mol. The minimum absolute atomic E-state index is 0.308. The number of imide groups is 3. The number of carbonyl (C=O) groups is 3. The number of hydrogen-bond acceptors (Lipinski definition) is 5. The van der Waals surface area contributed by atoms with Crippen molar-refractivity contribution < 1.29 is 23.9 Å². The van der Waals surface area contributed by atoms with E-state index < -0.39 is 22.9 Å². The molecule has 0 aromatic rings. The van der Waals surface area contributed by atoms with Crippen LogP contribution in [0.15, 0.2) is 0 Å². The normalized spacial score (nSPS) is 11.5. The lowest BCUT2D eigenvalue weighted by Crippen LogP contribution is -2.45. The van der Waals surface area contributed by atoms with Gasteiger partial charge in [0.1, 0.15) is 0 Å². The third-order valence-electron chi connectivity index (χ3n) is 1.56. The number of alkyl halides is 1. The minimum Gasteiger partial charge on any atom is -0.452 e. The second-order valence-electron chi connectivity index (χ2n) is 2.49. The first-order chi connectivity index (χ1) is 6.99. The monoisotopic (exact) mass is 281 g/mol. The molecule has 1 atom stereocenters. The Morgan fingerprint density at radius 1 is 1.20 bits per heavy atom. The first-order valence-electron chi connectivity index (χ1n) is 4.13. The second kappa shape index (κ2) is 6.39. The van der Waals surface area contributed by atoms with Gasteiger partial charge in [-0.15, -0.1) is 4.90 Å². The summed E-state index contributed by atoms with van der Waals surface area (Å²) in [4.78, 5) is 33.5. The minimum atomic E-state index is -1.07. The van der Waals surface area contributed by atoms with Crippen LogP contribution >= 0.6 is 15.9 Å². The summed E-state index contributed by atoms with van der Waals surface area (Å²) in [6.45, 7) is 1.73. The smallest absolute Gasteiger partial charge is 0.426 e. The van der Waals surface area contributed by atoms with E-state index in [1.165, 1.54) is 0 Å². The highest BCUT2D eigenvalue weighted by molar-refractivity contribution is 9.10. The Labute approximate surface area is 95.6 Å². The molecule has 7 heteroatoms. The molecule has 0 rings (SSSR count). The van der Waals surface area contributed by atoms with Crippen LogP contribution < -0.4 is 0 Å². The standard InChI is InChI=1S/C8H12BrNO5/c1-4-5(9)6(11)10(7(12)14-2)8(13)15-3/h5H,4H2,1-3H3. The summed E-state index contributed by atoms with van der Waals surface area (Å²) in [6.07, 6.45) is -1.70. The Hall–Kier alpha value is -1.11. The van der Waals surface area contributed by atoms with Gasteiger partial charge in [-0.25, -0.2) is 9.59 Å². The van der Waals surface area contributed by atoms with E-state index in [-0.39, 0.29) is 0 Å². The molecule has 0 aliphatic rings. The van der Waals surface area contributed by atoms with Crippen molar-refractivity contribution in [2.45, 2.75) is 18.2 Å². The lowest BCUT2D eigenvalue weighted by Gasteiger charge is -2.17. The fraction of sp³-hybridized carbons (Fsp3) is 0.625. The summed E-state index contributed by atoms with van der Waals surface area (Å²) in [5, 5.41) is 0. The van der Waals surface area contributed by atoms with Crippen LogP contribution in [0.3, 0.4) is 0 Å². The predicted octanol–water partition coefficient (Wildman–Crippen LogP) is 1.52. The quantitative estimate of drug-likeness (QED) is 0.718. The molecule has 0 aliphatic carbocycles. The molecule has 3 amide bonds. The van der Waals surface area contributed by atoms with Crippen molar-refractivity contribution in [3.05, 3.63) is 0 Å². The van der Waals surface area contributed by atoms with Gasteiger partial charge in [0, 0.05) is 0 Å². The molecular weight excluding hydrogens is 270 g/mol. The number of rotatable bonds is 2. The number of ether oxygens (including phenoxy) is 2. The van der Waals surface area contributed by atoms with E-state index in [2.05, 4.69) is 25.4 Å². The number of hydrogen-bond donors (Lipinski definition) is 0. The van der Waals surface area contributed by atoms with Gasteiger partial charge in [-0.05, 0) is 6.42 Å². The summed E-state index contributed by atoms with van der Waals surface area (Å²) in [7, 11) is 2.14. The largest absolute Gasteiger partial charge is 0.452 e. The number of nitrogens with zero attached hydrogens (tertiary/aromatic N) is 1. The van der Waals surface area contributed by atoms with E-state index in [1.807, 2.05) is 0 Å². The Morgan fingerprint density at radius 3 is 1.87 bits per heavy atom. The van der Waals surface area contributed by atoms with Gasteiger partial charge < -0.3 is 9.47 Å². The maximum atomic E-state index is 11.6. The first kappa shape index (κ1) is 13.9. The molecule has 6 nitrogen and oxygen atoms in total.